The van der Waals surface area contributed by atoms with Crippen LogP contribution >= 0.6 is 0 Å². The number of pyridine rings is 2. The van der Waals surface area contributed by atoms with Crippen molar-refractivity contribution >= 4 is 60.2 Å². The zero-order valence-corrected chi connectivity index (χ0v) is 22.0. The predicted octanol–water partition coefficient (Wildman–Crippen LogP) is 8.86. The van der Waals surface area contributed by atoms with Gasteiger partial charge in [-0.25, -0.2) is 4.98 Å². The van der Waals surface area contributed by atoms with Gasteiger partial charge in [-0.05, 0) is 88.7 Å². The van der Waals surface area contributed by atoms with Gasteiger partial charge >= 0.3 is 0 Å². The molecule has 9 aromatic rings. The van der Waals surface area contributed by atoms with Gasteiger partial charge in [0.15, 0.2) is 0 Å². The maximum absolute atomic E-state index is 5.14. The monoisotopic (exact) mass is 522 g/mol. The van der Waals surface area contributed by atoms with Crippen molar-refractivity contribution in [2.75, 3.05) is 0 Å². The fourth-order valence-corrected chi connectivity index (χ4v) is 7.30. The van der Waals surface area contributed by atoms with E-state index in [0.29, 0.717) is 0 Å². The van der Waals surface area contributed by atoms with Crippen molar-refractivity contribution in [2.45, 2.75) is 6.42 Å². The second kappa shape index (κ2) is 7.58. The molecule has 4 nitrogen and oxygen atoms in total. The Balaban J connectivity index is 1.31. The molecule has 190 valence electrons. The zero-order chi connectivity index (χ0) is 26.7. The first kappa shape index (κ1) is 21.4. The lowest BCUT2D eigenvalue weighted by molar-refractivity contribution is 1.18. The molecular formula is C37H22N4. The lowest BCUT2D eigenvalue weighted by atomic mass is 9.98. The van der Waals surface area contributed by atoms with Gasteiger partial charge in [-0.15, -0.1) is 0 Å². The summed E-state index contributed by atoms with van der Waals surface area (Å²) >= 11 is 0. The summed E-state index contributed by atoms with van der Waals surface area (Å²) < 4.78 is 4.71. The second-order valence-electron chi connectivity index (χ2n) is 11.1. The number of aromatic nitrogens is 4. The number of hydrogen-bond acceptors (Lipinski definition) is 2. The highest BCUT2D eigenvalue weighted by Crippen LogP contribution is 2.46. The Hall–Kier alpha value is -5.48. The van der Waals surface area contributed by atoms with Crippen LogP contribution in [0.3, 0.4) is 0 Å². The van der Waals surface area contributed by atoms with Crippen LogP contribution in [-0.2, 0) is 6.42 Å². The Bertz CT molecular complexity index is 2550. The van der Waals surface area contributed by atoms with Crippen molar-refractivity contribution in [1.82, 2.24) is 18.9 Å². The van der Waals surface area contributed by atoms with E-state index < -0.39 is 0 Å². The van der Waals surface area contributed by atoms with Gasteiger partial charge in [0.25, 0.3) is 0 Å². The molecule has 0 saturated carbocycles. The molecule has 0 spiro atoms. The smallest absolute Gasteiger partial charge is 0.146 e. The molecule has 0 fully saturated rings. The maximum Gasteiger partial charge on any atom is 0.146 e. The van der Waals surface area contributed by atoms with Crippen molar-refractivity contribution in [3.05, 3.63) is 133 Å². The number of para-hydroxylation sites is 4. The van der Waals surface area contributed by atoms with E-state index in [1.165, 1.54) is 60.5 Å². The van der Waals surface area contributed by atoms with Crippen LogP contribution in [0.1, 0.15) is 11.1 Å². The zero-order valence-electron chi connectivity index (χ0n) is 22.0. The van der Waals surface area contributed by atoms with E-state index in [0.717, 1.165) is 34.0 Å². The van der Waals surface area contributed by atoms with Crippen LogP contribution in [0, 0.1) is 0 Å². The Kier molecular flexibility index (Phi) is 3.95. The summed E-state index contributed by atoms with van der Waals surface area (Å²) in [7, 11) is 0. The van der Waals surface area contributed by atoms with Crippen molar-refractivity contribution in [3.63, 3.8) is 0 Å². The Labute approximate surface area is 234 Å². The lowest BCUT2D eigenvalue weighted by Crippen LogP contribution is -1.93. The molecule has 0 saturated heterocycles. The Morgan fingerprint density at radius 1 is 0.585 bits per heavy atom. The Morgan fingerprint density at radius 3 is 2.34 bits per heavy atom. The first-order chi connectivity index (χ1) is 20.3. The minimum Gasteiger partial charge on any atom is -0.309 e. The molecule has 1 aliphatic rings. The average Bonchev–Trinajstić information content (AvgIpc) is 3.70. The van der Waals surface area contributed by atoms with Gasteiger partial charge in [-0.1, -0.05) is 54.6 Å². The van der Waals surface area contributed by atoms with Gasteiger partial charge < -0.3 is 4.57 Å². The molecule has 0 aliphatic heterocycles. The van der Waals surface area contributed by atoms with E-state index in [-0.39, 0.29) is 0 Å². The van der Waals surface area contributed by atoms with Gasteiger partial charge in [0.05, 0.1) is 27.6 Å². The fraction of sp³-hybridized carbons (Fsp3) is 0.0270. The minimum absolute atomic E-state index is 0.901. The first-order valence-corrected chi connectivity index (χ1v) is 14.1. The van der Waals surface area contributed by atoms with Crippen LogP contribution in [-0.4, -0.2) is 18.9 Å². The highest BCUT2D eigenvalue weighted by molar-refractivity contribution is 6.17. The summed E-state index contributed by atoms with van der Waals surface area (Å²) in [6, 6.07) is 39.4. The summed E-state index contributed by atoms with van der Waals surface area (Å²) in [6.45, 7) is 0. The summed E-state index contributed by atoms with van der Waals surface area (Å²) in [5.74, 6) is 0. The molecule has 41 heavy (non-hydrogen) atoms. The number of nitrogens with zero attached hydrogens (tertiary/aromatic N) is 4. The van der Waals surface area contributed by atoms with Crippen LogP contribution in [0.2, 0.25) is 0 Å². The third kappa shape index (κ3) is 2.69. The average molecular weight is 523 g/mol. The van der Waals surface area contributed by atoms with E-state index in [1.54, 1.807) is 0 Å². The van der Waals surface area contributed by atoms with Gasteiger partial charge in [0, 0.05) is 39.6 Å². The van der Waals surface area contributed by atoms with E-state index in [1.807, 2.05) is 12.4 Å². The van der Waals surface area contributed by atoms with E-state index >= 15 is 0 Å². The molecule has 0 radical (unpaired) electrons. The molecular weight excluding hydrogens is 500 g/mol. The normalized spacial score (nSPS) is 12.8. The van der Waals surface area contributed by atoms with E-state index in [2.05, 4.69) is 123 Å². The Morgan fingerprint density at radius 2 is 1.41 bits per heavy atom. The molecule has 4 aromatic heterocycles. The van der Waals surface area contributed by atoms with Crippen molar-refractivity contribution in [2.24, 2.45) is 0 Å². The van der Waals surface area contributed by atoms with Crippen LogP contribution in [0.4, 0.5) is 0 Å². The quantitative estimate of drug-likeness (QED) is 0.202. The standard InChI is InChI=1S/C37H22N4/c1-2-8-23(9-3-1)40-32-12-6-4-10-25(32)36-28-18-22-19-29-27(20-26(22)24(28)14-15-35(36)40)30-21-38-17-16-33(30)41-34-13-7-5-11-31(34)39-37(29)41/h1-17,19-21H,18H2. The van der Waals surface area contributed by atoms with Crippen molar-refractivity contribution in [3.8, 4) is 16.8 Å². The van der Waals surface area contributed by atoms with Crippen LogP contribution < -0.4 is 0 Å². The van der Waals surface area contributed by atoms with Crippen molar-refractivity contribution < 1.29 is 0 Å². The highest BCUT2D eigenvalue weighted by Gasteiger charge is 2.26. The number of fused-ring (bicyclic) bond motifs is 15. The third-order valence-corrected chi connectivity index (χ3v) is 8.99. The molecule has 5 aromatic carbocycles. The number of hydrogen-bond donors (Lipinski definition) is 0. The number of rotatable bonds is 1. The summed E-state index contributed by atoms with van der Waals surface area (Å²) in [5.41, 5.74) is 13.4. The molecule has 0 unspecified atom stereocenters. The molecule has 0 bridgehead atoms. The predicted molar refractivity (Wildman–Crippen MR) is 168 cm³/mol. The summed E-state index contributed by atoms with van der Waals surface area (Å²) in [4.78, 5) is 9.68. The lowest BCUT2D eigenvalue weighted by Gasteiger charge is -2.11. The number of benzene rings is 5. The second-order valence-corrected chi connectivity index (χ2v) is 11.1. The molecule has 0 atom stereocenters. The molecule has 0 N–H and O–H groups in total. The molecule has 1 aliphatic carbocycles. The molecule has 4 heteroatoms. The number of imidazole rings is 1. The summed E-state index contributed by atoms with van der Waals surface area (Å²) in [5, 5.41) is 6.18. The van der Waals surface area contributed by atoms with Crippen LogP contribution in [0.5, 0.6) is 0 Å². The first-order valence-electron chi connectivity index (χ1n) is 14.1. The summed E-state index contributed by atoms with van der Waals surface area (Å²) in [6.07, 6.45) is 4.79. The third-order valence-electron chi connectivity index (χ3n) is 8.99. The van der Waals surface area contributed by atoms with Gasteiger partial charge in [0.1, 0.15) is 5.65 Å². The van der Waals surface area contributed by atoms with Crippen molar-refractivity contribution in [1.29, 1.82) is 0 Å². The molecule has 10 rings (SSSR count). The fourth-order valence-electron chi connectivity index (χ4n) is 7.30. The van der Waals surface area contributed by atoms with E-state index in [4.69, 9.17) is 4.98 Å². The van der Waals surface area contributed by atoms with Gasteiger partial charge in [0.2, 0.25) is 0 Å². The largest absolute Gasteiger partial charge is 0.309 e. The SMILES string of the molecule is c1ccc(-n2c3ccccc3c3c4c(ccc32)-c2cc3c5cnccc5n5c6ccccc6nc5c3cc2C4)cc1. The maximum atomic E-state index is 5.14. The minimum atomic E-state index is 0.901. The van der Waals surface area contributed by atoms with Crippen LogP contribution in [0.25, 0.3) is 77.0 Å². The highest BCUT2D eigenvalue weighted by atomic mass is 15.0. The molecule has 0 amide bonds. The topological polar surface area (TPSA) is 35.1 Å². The van der Waals surface area contributed by atoms with Gasteiger partial charge in [-0.3, -0.25) is 9.38 Å². The van der Waals surface area contributed by atoms with Gasteiger partial charge in [-0.2, -0.15) is 0 Å². The van der Waals surface area contributed by atoms with E-state index in [9.17, 15) is 0 Å². The molecule has 4 heterocycles. The van der Waals surface area contributed by atoms with Crippen LogP contribution in [0.15, 0.2) is 122 Å².